The minimum atomic E-state index is -3.00. The molecular weight excluding hydrogens is 374 g/mol. The van der Waals surface area contributed by atoms with Crippen molar-refractivity contribution < 1.29 is 13.2 Å². The second kappa shape index (κ2) is 8.82. The van der Waals surface area contributed by atoms with E-state index in [0.717, 1.165) is 32.6 Å². The minimum absolute atomic E-state index is 0.0689. The first-order valence-corrected chi connectivity index (χ1v) is 12.2. The Morgan fingerprint density at radius 3 is 2.54 bits per heavy atom. The summed E-state index contributed by atoms with van der Waals surface area (Å²) in [6, 6.07) is 8.43. The molecule has 0 aliphatic carbocycles. The maximum atomic E-state index is 13.1. The maximum absolute atomic E-state index is 13.1. The zero-order valence-corrected chi connectivity index (χ0v) is 18.1. The molecule has 156 valence electrons. The number of amides is 1. The van der Waals surface area contributed by atoms with Gasteiger partial charge in [-0.25, -0.2) is 8.42 Å². The first-order chi connectivity index (χ1) is 13.3. The van der Waals surface area contributed by atoms with Crippen LogP contribution >= 0.6 is 0 Å². The van der Waals surface area contributed by atoms with Gasteiger partial charge in [0.25, 0.3) is 0 Å². The Kier molecular flexibility index (Phi) is 6.65. The fourth-order valence-corrected chi connectivity index (χ4v) is 5.97. The number of hydrogen-bond acceptors (Lipinski definition) is 5. The van der Waals surface area contributed by atoms with Crippen molar-refractivity contribution in [2.24, 2.45) is 0 Å². The van der Waals surface area contributed by atoms with Gasteiger partial charge in [0.1, 0.15) is 0 Å². The van der Waals surface area contributed by atoms with Crippen molar-refractivity contribution in [2.45, 2.75) is 45.7 Å². The average molecular weight is 408 g/mol. The molecule has 1 aromatic carbocycles. The highest BCUT2D eigenvalue weighted by Gasteiger charge is 2.37. The van der Waals surface area contributed by atoms with Crippen molar-refractivity contribution in [3.05, 3.63) is 29.8 Å². The summed E-state index contributed by atoms with van der Waals surface area (Å²) in [5.41, 5.74) is 2.49. The number of sulfone groups is 1. The molecule has 2 saturated heterocycles. The van der Waals surface area contributed by atoms with Crippen LogP contribution in [0.1, 0.15) is 32.3 Å². The van der Waals surface area contributed by atoms with Crippen molar-refractivity contribution in [1.82, 2.24) is 9.80 Å². The smallest absolute Gasteiger partial charge is 0.237 e. The summed E-state index contributed by atoms with van der Waals surface area (Å²) in [7, 11) is -3.00. The van der Waals surface area contributed by atoms with Gasteiger partial charge in [-0.2, -0.15) is 0 Å². The normalized spacial score (nSPS) is 23.5. The third kappa shape index (κ3) is 5.06. The Labute approximate surface area is 169 Å². The highest BCUT2D eigenvalue weighted by Crippen LogP contribution is 2.22. The number of aryl methyl sites for hydroxylation is 1. The molecule has 2 fully saturated rings. The summed E-state index contributed by atoms with van der Waals surface area (Å²) < 4.78 is 23.8. The molecule has 0 bridgehead atoms. The van der Waals surface area contributed by atoms with Crippen LogP contribution in [0.2, 0.25) is 0 Å². The van der Waals surface area contributed by atoms with Crippen LogP contribution in [0.15, 0.2) is 24.3 Å². The minimum Gasteiger partial charge on any atom is -0.369 e. The van der Waals surface area contributed by atoms with E-state index in [1.807, 2.05) is 11.8 Å². The van der Waals surface area contributed by atoms with Gasteiger partial charge in [0.2, 0.25) is 5.91 Å². The number of carbonyl (C=O) groups excluding carboxylic acids is 1. The fourth-order valence-electron chi connectivity index (χ4n) is 4.26. The van der Waals surface area contributed by atoms with E-state index < -0.39 is 9.84 Å². The highest BCUT2D eigenvalue weighted by atomic mass is 32.2. The Hall–Kier alpha value is -1.60. The van der Waals surface area contributed by atoms with E-state index in [1.165, 1.54) is 11.3 Å². The van der Waals surface area contributed by atoms with Crippen LogP contribution in [-0.4, -0.2) is 80.4 Å². The quantitative estimate of drug-likeness (QED) is 0.721. The summed E-state index contributed by atoms with van der Waals surface area (Å²) in [4.78, 5) is 19.5. The van der Waals surface area contributed by atoms with Crippen molar-refractivity contribution in [3.63, 3.8) is 0 Å². The van der Waals surface area contributed by atoms with Gasteiger partial charge in [-0.15, -0.1) is 0 Å². The fraction of sp³-hybridized carbons (Fsp3) is 0.667. The maximum Gasteiger partial charge on any atom is 0.237 e. The number of rotatable bonds is 6. The van der Waals surface area contributed by atoms with Gasteiger partial charge in [0.05, 0.1) is 18.1 Å². The molecule has 0 unspecified atom stereocenters. The van der Waals surface area contributed by atoms with Gasteiger partial charge in [0, 0.05) is 44.0 Å². The molecule has 2 aliphatic rings. The van der Waals surface area contributed by atoms with E-state index in [0.29, 0.717) is 13.0 Å². The predicted molar refractivity (Wildman–Crippen MR) is 113 cm³/mol. The average Bonchev–Trinajstić information content (AvgIpc) is 3.01. The predicted octanol–water partition coefficient (Wildman–Crippen LogP) is 1.93. The van der Waals surface area contributed by atoms with Crippen LogP contribution in [0.25, 0.3) is 0 Å². The SMILES string of the molecule is CC[C@@H](C)N(C(=O)CN1CCN(c2cccc(C)c2)CC1)[C@H]1CCS(=O)(=O)C1. The summed E-state index contributed by atoms with van der Waals surface area (Å²) >= 11 is 0. The summed E-state index contributed by atoms with van der Waals surface area (Å²) in [6.45, 7) is 10.0. The van der Waals surface area contributed by atoms with E-state index in [9.17, 15) is 13.2 Å². The largest absolute Gasteiger partial charge is 0.369 e. The third-order valence-corrected chi connectivity index (χ3v) is 7.80. The van der Waals surface area contributed by atoms with Gasteiger partial charge < -0.3 is 9.80 Å². The van der Waals surface area contributed by atoms with E-state index in [-0.39, 0.29) is 29.5 Å². The van der Waals surface area contributed by atoms with E-state index in [1.54, 1.807) is 0 Å². The Balaban J connectivity index is 1.58. The summed E-state index contributed by atoms with van der Waals surface area (Å²) in [6.07, 6.45) is 1.41. The van der Waals surface area contributed by atoms with E-state index in [2.05, 4.69) is 47.9 Å². The first kappa shape index (κ1) is 21.1. The molecule has 2 heterocycles. The highest BCUT2D eigenvalue weighted by molar-refractivity contribution is 7.91. The second-order valence-electron chi connectivity index (χ2n) is 8.22. The van der Waals surface area contributed by atoms with Crippen LogP contribution in [0.4, 0.5) is 5.69 Å². The number of carbonyl (C=O) groups is 1. The molecule has 0 N–H and O–H groups in total. The molecule has 0 saturated carbocycles. The van der Waals surface area contributed by atoms with Gasteiger partial charge in [-0.1, -0.05) is 19.1 Å². The van der Waals surface area contributed by atoms with Crippen LogP contribution in [0.5, 0.6) is 0 Å². The topological polar surface area (TPSA) is 60.9 Å². The lowest BCUT2D eigenvalue weighted by molar-refractivity contribution is -0.136. The lowest BCUT2D eigenvalue weighted by atomic mass is 10.1. The molecule has 0 spiro atoms. The first-order valence-electron chi connectivity index (χ1n) is 10.3. The van der Waals surface area contributed by atoms with Gasteiger partial charge in [-0.05, 0) is 44.4 Å². The van der Waals surface area contributed by atoms with Crippen LogP contribution in [0, 0.1) is 6.92 Å². The van der Waals surface area contributed by atoms with Crippen molar-refractivity contribution in [2.75, 3.05) is 49.1 Å². The molecule has 0 radical (unpaired) electrons. The number of anilines is 1. The van der Waals surface area contributed by atoms with Crippen molar-refractivity contribution >= 4 is 21.4 Å². The molecule has 1 amide bonds. The Morgan fingerprint density at radius 1 is 1.25 bits per heavy atom. The molecular formula is C21H33N3O3S. The second-order valence-corrected chi connectivity index (χ2v) is 10.4. The van der Waals surface area contributed by atoms with Crippen molar-refractivity contribution in [1.29, 1.82) is 0 Å². The van der Waals surface area contributed by atoms with Crippen LogP contribution in [-0.2, 0) is 14.6 Å². The third-order valence-electron chi connectivity index (χ3n) is 6.05. The molecule has 7 heteroatoms. The number of benzene rings is 1. The zero-order valence-electron chi connectivity index (χ0n) is 17.3. The number of nitrogens with zero attached hydrogens (tertiary/aromatic N) is 3. The molecule has 3 rings (SSSR count). The van der Waals surface area contributed by atoms with Gasteiger partial charge in [0.15, 0.2) is 9.84 Å². The molecule has 28 heavy (non-hydrogen) atoms. The van der Waals surface area contributed by atoms with Gasteiger partial charge >= 0.3 is 0 Å². The van der Waals surface area contributed by atoms with Crippen molar-refractivity contribution in [3.8, 4) is 0 Å². The summed E-state index contributed by atoms with van der Waals surface area (Å²) in [5, 5.41) is 0. The van der Waals surface area contributed by atoms with Crippen LogP contribution < -0.4 is 4.90 Å². The number of hydrogen-bond donors (Lipinski definition) is 0. The monoisotopic (exact) mass is 407 g/mol. The standard InChI is InChI=1S/C21H33N3O3S/c1-4-18(3)24(20-8-13-28(26,27)16-20)21(25)15-22-9-11-23(12-10-22)19-7-5-6-17(2)14-19/h5-7,14,18,20H,4,8-13,15-16H2,1-3H3/t18-,20+/m1/s1. The van der Waals surface area contributed by atoms with E-state index >= 15 is 0 Å². The zero-order chi connectivity index (χ0) is 20.3. The lowest BCUT2D eigenvalue weighted by Crippen LogP contribution is -2.53. The molecule has 1 aromatic rings. The van der Waals surface area contributed by atoms with Gasteiger partial charge in [-0.3, -0.25) is 9.69 Å². The lowest BCUT2D eigenvalue weighted by Gasteiger charge is -2.39. The molecule has 2 atom stereocenters. The molecule has 2 aliphatic heterocycles. The van der Waals surface area contributed by atoms with E-state index in [4.69, 9.17) is 0 Å². The number of piperazine rings is 1. The van der Waals surface area contributed by atoms with Crippen LogP contribution in [0.3, 0.4) is 0 Å². The Morgan fingerprint density at radius 2 is 1.96 bits per heavy atom. The summed E-state index contributed by atoms with van der Waals surface area (Å²) in [5.74, 6) is 0.387. The molecule has 6 nitrogen and oxygen atoms in total. The Bertz CT molecular complexity index is 788. The molecule has 0 aromatic heterocycles.